The quantitative estimate of drug-likeness (QED) is 0.637. The summed E-state index contributed by atoms with van der Waals surface area (Å²) in [6, 6.07) is 7.69. The third-order valence-electron chi connectivity index (χ3n) is 1.79. The van der Waals surface area contributed by atoms with Gasteiger partial charge in [-0.2, -0.15) is 0 Å². The minimum Gasteiger partial charge on any atom is -0.399 e. The van der Waals surface area contributed by atoms with Crippen LogP contribution in [0.4, 0.5) is 11.4 Å². The maximum Gasteiger partial charge on any atom is 0.0642 e. The molecule has 0 aliphatic heterocycles. The molecule has 0 spiro atoms. The molecule has 0 aromatic heterocycles. The van der Waals surface area contributed by atoms with Crippen LogP contribution in [0.5, 0.6) is 0 Å². The lowest BCUT2D eigenvalue weighted by atomic mass is 10.3. The van der Waals surface area contributed by atoms with Gasteiger partial charge in [-0.05, 0) is 38.1 Å². The van der Waals surface area contributed by atoms with Crippen LogP contribution in [0.2, 0.25) is 0 Å². The normalized spacial score (nSPS) is 9.19. The van der Waals surface area contributed by atoms with Crippen molar-refractivity contribution in [2.45, 2.75) is 20.0 Å². The van der Waals surface area contributed by atoms with Crippen LogP contribution < -0.4 is 11.1 Å². The Bertz CT molecular complexity index is 265. The molecule has 0 saturated heterocycles. The summed E-state index contributed by atoms with van der Waals surface area (Å²) in [6.45, 7) is 5.61. The van der Waals surface area contributed by atoms with E-state index in [1.807, 2.05) is 38.1 Å². The number of nitrogens with one attached hydrogen (secondary N) is 1. The van der Waals surface area contributed by atoms with Crippen LogP contribution in [-0.2, 0) is 4.74 Å². The SMILES string of the molecule is CC(C)OCCNc1ccc(N)cc1.Cl.Cl. The second-order valence-electron chi connectivity index (χ2n) is 3.47. The van der Waals surface area contributed by atoms with Crippen molar-refractivity contribution in [1.82, 2.24) is 0 Å². The van der Waals surface area contributed by atoms with Gasteiger partial charge in [-0.15, -0.1) is 24.8 Å². The van der Waals surface area contributed by atoms with E-state index in [9.17, 15) is 0 Å². The van der Waals surface area contributed by atoms with Crippen molar-refractivity contribution in [3.05, 3.63) is 24.3 Å². The summed E-state index contributed by atoms with van der Waals surface area (Å²) < 4.78 is 5.40. The van der Waals surface area contributed by atoms with E-state index in [4.69, 9.17) is 10.5 Å². The molecule has 0 atom stereocenters. The summed E-state index contributed by atoms with van der Waals surface area (Å²) in [7, 11) is 0. The van der Waals surface area contributed by atoms with Gasteiger partial charge in [0, 0.05) is 17.9 Å². The fraction of sp³-hybridized carbons (Fsp3) is 0.455. The van der Waals surface area contributed by atoms with E-state index in [0.29, 0.717) is 6.10 Å². The summed E-state index contributed by atoms with van der Waals surface area (Å²) >= 11 is 0. The van der Waals surface area contributed by atoms with E-state index in [0.717, 1.165) is 24.5 Å². The van der Waals surface area contributed by atoms with Crippen LogP contribution in [0.1, 0.15) is 13.8 Å². The number of halogens is 2. The Kier molecular flexibility index (Phi) is 10.6. The molecule has 1 aromatic carbocycles. The summed E-state index contributed by atoms with van der Waals surface area (Å²) in [4.78, 5) is 0. The van der Waals surface area contributed by atoms with Crippen molar-refractivity contribution in [2.75, 3.05) is 24.2 Å². The van der Waals surface area contributed by atoms with E-state index < -0.39 is 0 Å². The van der Waals surface area contributed by atoms with Gasteiger partial charge in [-0.1, -0.05) is 0 Å². The van der Waals surface area contributed by atoms with Gasteiger partial charge < -0.3 is 15.8 Å². The highest BCUT2D eigenvalue weighted by molar-refractivity contribution is 5.85. The zero-order valence-electron chi connectivity index (χ0n) is 9.60. The summed E-state index contributed by atoms with van der Waals surface area (Å²) in [5.41, 5.74) is 7.43. The molecule has 3 nitrogen and oxygen atoms in total. The molecule has 0 aliphatic carbocycles. The molecule has 0 radical (unpaired) electrons. The van der Waals surface area contributed by atoms with Crippen LogP contribution in [0, 0.1) is 0 Å². The maximum atomic E-state index is 5.57. The molecule has 3 N–H and O–H groups in total. The highest BCUT2D eigenvalue weighted by atomic mass is 35.5. The molecule has 0 amide bonds. The van der Waals surface area contributed by atoms with Crippen LogP contribution in [0.3, 0.4) is 0 Å². The number of benzene rings is 1. The summed E-state index contributed by atoms with van der Waals surface area (Å²) in [5, 5.41) is 3.25. The molecule has 1 aromatic rings. The van der Waals surface area contributed by atoms with Gasteiger partial charge in [0.1, 0.15) is 0 Å². The van der Waals surface area contributed by atoms with E-state index in [1.54, 1.807) is 0 Å². The molecule has 0 saturated carbocycles. The third kappa shape index (κ3) is 7.63. The van der Waals surface area contributed by atoms with E-state index >= 15 is 0 Å². The predicted molar refractivity (Wildman–Crippen MR) is 74.9 cm³/mol. The molecular formula is C11H20Cl2N2O. The minimum atomic E-state index is 0. The van der Waals surface area contributed by atoms with Crippen LogP contribution in [0.25, 0.3) is 0 Å². The Morgan fingerprint density at radius 2 is 1.75 bits per heavy atom. The number of nitrogen functional groups attached to an aromatic ring is 1. The Morgan fingerprint density at radius 1 is 1.19 bits per heavy atom. The van der Waals surface area contributed by atoms with Crippen LogP contribution >= 0.6 is 24.8 Å². The molecule has 0 aliphatic rings. The third-order valence-corrected chi connectivity index (χ3v) is 1.79. The van der Waals surface area contributed by atoms with Crippen LogP contribution in [0.15, 0.2) is 24.3 Å². The van der Waals surface area contributed by atoms with E-state index in [-0.39, 0.29) is 24.8 Å². The summed E-state index contributed by atoms with van der Waals surface area (Å²) in [6.07, 6.45) is 0.295. The standard InChI is InChI=1S/C11H18N2O.2ClH/c1-9(2)14-8-7-13-11-5-3-10(12)4-6-11;;/h3-6,9,13H,7-8,12H2,1-2H3;2*1H. The largest absolute Gasteiger partial charge is 0.399 e. The zero-order valence-corrected chi connectivity index (χ0v) is 11.2. The number of anilines is 2. The molecule has 1 rings (SSSR count). The van der Waals surface area contributed by atoms with Crippen molar-refractivity contribution in [1.29, 1.82) is 0 Å². The number of ether oxygens (including phenoxy) is 1. The average Bonchev–Trinajstić information content (AvgIpc) is 2.15. The molecule has 5 heteroatoms. The second kappa shape index (κ2) is 9.58. The predicted octanol–water partition coefficient (Wildman–Crippen LogP) is 2.95. The van der Waals surface area contributed by atoms with Crippen molar-refractivity contribution < 1.29 is 4.74 Å². The van der Waals surface area contributed by atoms with E-state index in [2.05, 4.69) is 5.32 Å². The van der Waals surface area contributed by atoms with Gasteiger partial charge in [-0.25, -0.2) is 0 Å². The molecule has 0 heterocycles. The van der Waals surface area contributed by atoms with Gasteiger partial charge in [0.05, 0.1) is 12.7 Å². The first-order valence-electron chi connectivity index (χ1n) is 4.89. The van der Waals surface area contributed by atoms with Crippen molar-refractivity contribution in [3.63, 3.8) is 0 Å². The molecule has 94 valence electrons. The molecule has 0 fully saturated rings. The highest BCUT2D eigenvalue weighted by Gasteiger charge is 1.93. The first-order valence-corrected chi connectivity index (χ1v) is 4.89. The van der Waals surface area contributed by atoms with Crippen LogP contribution in [-0.4, -0.2) is 19.3 Å². The summed E-state index contributed by atoms with van der Waals surface area (Å²) in [5.74, 6) is 0. The molecule has 16 heavy (non-hydrogen) atoms. The second-order valence-corrected chi connectivity index (χ2v) is 3.47. The lowest BCUT2D eigenvalue weighted by Crippen LogP contribution is -2.13. The Labute approximate surface area is 110 Å². The fourth-order valence-corrected chi connectivity index (χ4v) is 1.09. The lowest BCUT2D eigenvalue weighted by Gasteiger charge is -2.09. The number of nitrogens with two attached hydrogens (primary N) is 1. The van der Waals surface area contributed by atoms with Gasteiger partial charge in [-0.3, -0.25) is 0 Å². The molecule has 0 bridgehead atoms. The number of rotatable bonds is 5. The zero-order chi connectivity index (χ0) is 10.4. The Morgan fingerprint density at radius 3 is 2.25 bits per heavy atom. The topological polar surface area (TPSA) is 47.3 Å². The van der Waals surface area contributed by atoms with Gasteiger partial charge in [0.15, 0.2) is 0 Å². The lowest BCUT2D eigenvalue weighted by molar-refractivity contribution is 0.0870. The van der Waals surface area contributed by atoms with Crippen molar-refractivity contribution in [2.24, 2.45) is 0 Å². The Balaban J connectivity index is 0. The van der Waals surface area contributed by atoms with Crippen molar-refractivity contribution in [3.8, 4) is 0 Å². The number of hydrogen-bond acceptors (Lipinski definition) is 3. The van der Waals surface area contributed by atoms with E-state index in [1.165, 1.54) is 0 Å². The van der Waals surface area contributed by atoms with Gasteiger partial charge >= 0.3 is 0 Å². The Hall–Kier alpha value is -0.640. The minimum absolute atomic E-state index is 0. The fourth-order valence-electron chi connectivity index (χ4n) is 1.09. The first kappa shape index (κ1) is 17.7. The first-order chi connectivity index (χ1) is 6.68. The molecular weight excluding hydrogens is 247 g/mol. The van der Waals surface area contributed by atoms with Gasteiger partial charge in [0.2, 0.25) is 0 Å². The van der Waals surface area contributed by atoms with Gasteiger partial charge in [0.25, 0.3) is 0 Å². The monoisotopic (exact) mass is 266 g/mol. The smallest absolute Gasteiger partial charge is 0.0642 e. The molecule has 0 unspecified atom stereocenters. The average molecular weight is 267 g/mol. The van der Waals surface area contributed by atoms with Crippen molar-refractivity contribution >= 4 is 36.2 Å². The highest BCUT2D eigenvalue weighted by Crippen LogP contribution is 2.09. The maximum absolute atomic E-state index is 5.57. The number of hydrogen-bond donors (Lipinski definition) is 2.